The van der Waals surface area contributed by atoms with Gasteiger partial charge in [-0.05, 0) is 50.1 Å². The van der Waals surface area contributed by atoms with E-state index in [0.717, 1.165) is 23.9 Å². The van der Waals surface area contributed by atoms with Crippen LogP contribution in [0.4, 0.5) is 5.82 Å². The fraction of sp³-hybridized carbons (Fsp3) is 0.267. The van der Waals surface area contributed by atoms with Crippen LogP contribution in [-0.2, 0) is 0 Å². The van der Waals surface area contributed by atoms with Crippen molar-refractivity contribution in [1.29, 1.82) is 0 Å². The van der Waals surface area contributed by atoms with Gasteiger partial charge in [0.1, 0.15) is 17.3 Å². The summed E-state index contributed by atoms with van der Waals surface area (Å²) in [6, 6.07) is 9.95. The number of hydrogen-bond acceptors (Lipinski definition) is 3. The summed E-state index contributed by atoms with van der Waals surface area (Å²) in [6.45, 7) is 7.02. The number of aromatic nitrogens is 1. The number of pyridine rings is 1. The highest BCUT2D eigenvalue weighted by Gasteiger charge is 2.01. The van der Waals surface area contributed by atoms with Crippen molar-refractivity contribution in [1.82, 2.24) is 4.98 Å². The number of anilines is 1. The molecule has 0 bridgehead atoms. The average Bonchev–Trinajstić information content (AvgIpc) is 2.28. The lowest BCUT2D eigenvalue weighted by Gasteiger charge is -2.09. The highest BCUT2D eigenvalue weighted by molar-refractivity contribution is 5.43. The average molecular weight is 242 g/mol. The number of ether oxygens (including phenoxy) is 1. The Balaban J connectivity index is 2.20. The van der Waals surface area contributed by atoms with Crippen LogP contribution in [0.3, 0.4) is 0 Å². The topological polar surface area (TPSA) is 34.1 Å². The molecule has 1 heterocycles. The Morgan fingerprint density at radius 1 is 1.06 bits per heavy atom. The van der Waals surface area contributed by atoms with Gasteiger partial charge in [0.25, 0.3) is 0 Å². The van der Waals surface area contributed by atoms with Crippen molar-refractivity contribution in [3.8, 4) is 11.5 Å². The van der Waals surface area contributed by atoms with Crippen molar-refractivity contribution in [2.75, 3.05) is 11.9 Å². The molecule has 1 N–H and O–H groups in total. The first-order valence-electron chi connectivity index (χ1n) is 6.13. The van der Waals surface area contributed by atoms with E-state index >= 15 is 0 Å². The lowest BCUT2D eigenvalue weighted by molar-refractivity contribution is 0.481. The Morgan fingerprint density at radius 2 is 1.78 bits per heavy atom. The number of nitrogens with zero attached hydrogens (tertiary/aromatic N) is 1. The summed E-state index contributed by atoms with van der Waals surface area (Å²) in [5.74, 6) is 2.49. The van der Waals surface area contributed by atoms with Gasteiger partial charge in [0.05, 0.1) is 0 Å². The molecule has 0 atom stereocenters. The molecule has 0 aliphatic rings. The molecule has 0 fully saturated rings. The number of aryl methyl sites for hydroxylation is 2. The van der Waals surface area contributed by atoms with E-state index in [1.165, 1.54) is 11.1 Å². The van der Waals surface area contributed by atoms with Gasteiger partial charge >= 0.3 is 0 Å². The largest absolute Gasteiger partial charge is 0.457 e. The van der Waals surface area contributed by atoms with Crippen LogP contribution in [0.25, 0.3) is 0 Å². The summed E-state index contributed by atoms with van der Waals surface area (Å²) in [6.07, 6.45) is 1.75. The van der Waals surface area contributed by atoms with E-state index in [0.29, 0.717) is 0 Å². The SMILES string of the molecule is CCNc1cc(Oc2cc(C)cc(C)c2)ccn1. The van der Waals surface area contributed by atoms with Crippen LogP contribution in [0, 0.1) is 13.8 Å². The highest BCUT2D eigenvalue weighted by atomic mass is 16.5. The molecule has 0 aliphatic carbocycles. The number of benzene rings is 1. The second-order valence-electron chi connectivity index (χ2n) is 4.33. The Bertz CT molecular complexity index is 518. The molecule has 3 nitrogen and oxygen atoms in total. The maximum absolute atomic E-state index is 5.85. The van der Waals surface area contributed by atoms with E-state index in [1.807, 2.05) is 31.2 Å². The third-order valence-corrected chi connectivity index (χ3v) is 2.52. The zero-order valence-electron chi connectivity index (χ0n) is 11.0. The summed E-state index contributed by atoms with van der Waals surface area (Å²) in [7, 11) is 0. The minimum atomic E-state index is 0.797. The Hall–Kier alpha value is -2.03. The molecule has 0 saturated heterocycles. The molecular formula is C15H18N2O. The zero-order chi connectivity index (χ0) is 13.0. The van der Waals surface area contributed by atoms with Gasteiger partial charge in [-0.3, -0.25) is 0 Å². The van der Waals surface area contributed by atoms with Gasteiger partial charge in [-0.15, -0.1) is 0 Å². The molecule has 1 aromatic carbocycles. The second kappa shape index (κ2) is 5.54. The summed E-state index contributed by atoms with van der Waals surface area (Å²) in [5.41, 5.74) is 2.40. The quantitative estimate of drug-likeness (QED) is 0.882. The molecule has 2 rings (SSSR count). The Morgan fingerprint density at radius 3 is 2.44 bits per heavy atom. The maximum atomic E-state index is 5.85. The van der Waals surface area contributed by atoms with Gasteiger partial charge < -0.3 is 10.1 Å². The Labute approximate surface area is 108 Å². The van der Waals surface area contributed by atoms with Crippen LogP contribution >= 0.6 is 0 Å². The van der Waals surface area contributed by atoms with Gasteiger partial charge in [-0.1, -0.05) is 6.07 Å². The lowest BCUT2D eigenvalue weighted by atomic mass is 10.1. The van der Waals surface area contributed by atoms with E-state index in [-0.39, 0.29) is 0 Å². The Kier molecular flexibility index (Phi) is 3.82. The fourth-order valence-electron chi connectivity index (χ4n) is 1.88. The molecule has 0 spiro atoms. The van der Waals surface area contributed by atoms with Gasteiger partial charge in [0.15, 0.2) is 0 Å². The second-order valence-corrected chi connectivity index (χ2v) is 4.33. The van der Waals surface area contributed by atoms with Crippen LogP contribution in [-0.4, -0.2) is 11.5 Å². The van der Waals surface area contributed by atoms with Gasteiger partial charge in [-0.25, -0.2) is 4.98 Å². The van der Waals surface area contributed by atoms with Gasteiger partial charge in [0, 0.05) is 18.8 Å². The summed E-state index contributed by atoms with van der Waals surface area (Å²) in [5, 5.41) is 3.17. The lowest BCUT2D eigenvalue weighted by Crippen LogP contribution is -1.98. The monoisotopic (exact) mass is 242 g/mol. The molecule has 94 valence electrons. The van der Waals surface area contributed by atoms with Gasteiger partial charge in [-0.2, -0.15) is 0 Å². The van der Waals surface area contributed by atoms with E-state index < -0.39 is 0 Å². The van der Waals surface area contributed by atoms with Crippen molar-refractivity contribution in [3.63, 3.8) is 0 Å². The minimum absolute atomic E-state index is 0.797. The number of hydrogen-bond donors (Lipinski definition) is 1. The van der Waals surface area contributed by atoms with Gasteiger partial charge in [0.2, 0.25) is 0 Å². The predicted molar refractivity (Wildman–Crippen MR) is 74.4 cm³/mol. The maximum Gasteiger partial charge on any atom is 0.132 e. The van der Waals surface area contributed by atoms with Crippen LogP contribution in [0.15, 0.2) is 36.5 Å². The first kappa shape index (κ1) is 12.4. The third-order valence-electron chi connectivity index (χ3n) is 2.52. The first-order valence-corrected chi connectivity index (χ1v) is 6.13. The molecule has 0 aliphatic heterocycles. The highest BCUT2D eigenvalue weighted by Crippen LogP contribution is 2.24. The molecule has 18 heavy (non-hydrogen) atoms. The van der Waals surface area contributed by atoms with E-state index in [1.54, 1.807) is 6.20 Å². The molecule has 1 aromatic heterocycles. The van der Waals surface area contributed by atoms with E-state index in [9.17, 15) is 0 Å². The summed E-state index contributed by atoms with van der Waals surface area (Å²) < 4.78 is 5.85. The smallest absolute Gasteiger partial charge is 0.132 e. The predicted octanol–water partition coefficient (Wildman–Crippen LogP) is 3.92. The summed E-state index contributed by atoms with van der Waals surface area (Å²) in [4.78, 5) is 4.21. The van der Waals surface area contributed by atoms with Crippen molar-refractivity contribution in [2.24, 2.45) is 0 Å². The number of rotatable bonds is 4. The first-order chi connectivity index (χ1) is 8.67. The normalized spacial score (nSPS) is 10.2. The van der Waals surface area contributed by atoms with E-state index in [2.05, 4.69) is 30.2 Å². The van der Waals surface area contributed by atoms with Crippen LogP contribution < -0.4 is 10.1 Å². The molecule has 0 amide bonds. The molecule has 0 saturated carbocycles. The summed E-state index contributed by atoms with van der Waals surface area (Å²) >= 11 is 0. The molecule has 2 aromatic rings. The molecule has 3 heteroatoms. The third kappa shape index (κ3) is 3.23. The van der Waals surface area contributed by atoms with Crippen LogP contribution in [0.5, 0.6) is 11.5 Å². The number of nitrogens with one attached hydrogen (secondary N) is 1. The molecular weight excluding hydrogens is 224 g/mol. The van der Waals surface area contributed by atoms with Crippen molar-refractivity contribution < 1.29 is 4.74 Å². The van der Waals surface area contributed by atoms with Crippen molar-refractivity contribution >= 4 is 5.82 Å². The standard InChI is InChI=1S/C15H18N2O/c1-4-16-15-10-13(5-6-17-15)18-14-8-11(2)7-12(3)9-14/h5-10H,4H2,1-3H3,(H,16,17). The van der Waals surface area contributed by atoms with E-state index in [4.69, 9.17) is 4.74 Å². The van der Waals surface area contributed by atoms with Crippen molar-refractivity contribution in [2.45, 2.75) is 20.8 Å². The fourth-order valence-corrected chi connectivity index (χ4v) is 1.88. The zero-order valence-corrected chi connectivity index (χ0v) is 11.0. The van der Waals surface area contributed by atoms with Crippen molar-refractivity contribution in [3.05, 3.63) is 47.7 Å². The van der Waals surface area contributed by atoms with Crippen LogP contribution in [0.2, 0.25) is 0 Å². The molecule has 0 radical (unpaired) electrons. The minimum Gasteiger partial charge on any atom is -0.457 e. The molecule has 0 unspecified atom stereocenters. The van der Waals surface area contributed by atoms with Crippen LogP contribution in [0.1, 0.15) is 18.1 Å².